The summed E-state index contributed by atoms with van der Waals surface area (Å²) in [4.78, 5) is 24.5. The monoisotopic (exact) mass is 309 g/mol. The number of aromatic nitrogens is 1. The quantitative estimate of drug-likeness (QED) is 0.425. The van der Waals surface area contributed by atoms with Gasteiger partial charge in [0.25, 0.3) is 0 Å². The Kier molecular flexibility index (Phi) is 4.76. The molecule has 1 aromatic heterocycles. The van der Waals surface area contributed by atoms with Gasteiger partial charge in [0, 0.05) is 17.0 Å². The number of carboxylic acid groups (broad SMARTS) is 1. The standard InChI is InChI=1S/C14H15NO7/c16-6-9(11(17)12(18)13(19)14(20)21)22-10-5-7-3-1-2-4-8(7)15-10/h1-6,9,11-13,15,17-19H,(H,20,21)/t9-,11+,12-,13-/m0/s1. The van der Waals surface area contributed by atoms with Gasteiger partial charge >= 0.3 is 5.97 Å². The van der Waals surface area contributed by atoms with Gasteiger partial charge in [0.15, 0.2) is 24.4 Å². The molecule has 0 unspecified atom stereocenters. The Bertz CT molecular complexity index is 635. The number of fused-ring (bicyclic) bond motifs is 1. The highest BCUT2D eigenvalue weighted by Crippen LogP contribution is 2.21. The summed E-state index contributed by atoms with van der Waals surface area (Å²) < 4.78 is 5.22. The van der Waals surface area contributed by atoms with Crippen LogP contribution in [0.1, 0.15) is 0 Å². The Balaban J connectivity index is 2.14. The molecule has 0 spiro atoms. The van der Waals surface area contributed by atoms with Crippen LogP contribution in [0.25, 0.3) is 10.9 Å². The van der Waals surface area contributed by atoms with Crippen molar-refractivity contribution >= 4 is 23.2 Å². The number of carbonyl (C=O) groups is 2. The van der Waals surface area contributed by atoms with Gasteiger partial charge in [-0.2, -0.15) is 0 Å². The van der Waals surface area contributed by atoms with Gasteiger partial charge in [0.2, 0.25) is 0 Å². The Morgan fingerprint density at radius 1 is 1.18 bits per heavy atom. The maximum atomic E-state index is 11.0. The molecule has 0 fully saturated rings. The summed E-state index contributed by atoms with van der Waals surface area (Å²) in [6.45, 7) is 0. The minimum absolute atomic E-state index is 0.161. The molecule has 0 saturated heterocycles. The number of ether oxygens (including phenoxy) is 1. The van der Waals surface area contributed by atoms with Crippen LogP contribution in [0.4, 0.5) is 0 Å². The molecule has 0 amide bonds. The lowest BCUT2D eigenvalue weighted by molar-refractivity contribution is -0.162. The first-order chi connectivity index (χ1) is 10.4. The molecule has 118 valence electrons. The van der Waals surface area contributed by atoms with Gasteiger partial charge < -0.3 is 30.1 Å². The van der Waals surface area contributed by atoms with Crippen molar-refractivity contribution in [2.24, 2.45) is 0 Å². The van der Waals surface area contributed by atoms with Gasteiger partial charge in [-0.05, 0) is 6.07 Å². The van der Waals surface area contributed by atoms with Crippen LogP contribution in [0, 0.1) is 0 Å². The van der Waals surface area contributed by atoms with Gasteiger partial charge in [0.05, 0.1) is 0 Å². The summed E-state index contributed by atoms with van der Waals surface area (Å²) in [6.07, 6.45) is -7.54. The van der Waals surface area contributed by atoms with Crippen molar-refractivity contribution in [3.8, 4) is 5.88 Å². The largest absolute Gasteiger partial charge is 0.479 e. The van der Waals surface area contributed by atoms with E-state index in [-0.39, 0.29) is 12.2 Å². The first kappa shape index (κ1) is 16.0. The van der Waals surface area contributed by atoms with E-state index in [4.69, 9.17) is 9.84 Å². The molecular formula is C14H15NO7. The average Bonchev–Trinajstić information content (AvgIpc) is 2.92. The van der Waals surface area contributed by atoms with Crippen molar-refractivity contribution in [1.29, 1.82) is 0 Å². The number of H-pyrrole nitrogens is 1. The zero-order chi connectivity index (χ0) is 16.3. The predicted molar refractivity (Wildman–Crippen MR) is 74.4 cm³/mol. The van der Waals surface area contributed by atoms with E-state index in [2.05, 4.69) is 4.98 Å². The second-order valence-electron chi connectivity index (χ2n) is 4.70. The minimum Gasteiger partial charge on any atom is -0.479 e. The molecular weight excluding hydrogens is 294 g/mol. The SMILES string of the molecule is O=C[C@H](Oc1cc2ccccc2[nH]1)[C@@H](O)[C@H](O)[C@H](O)C(=O)O. The molecule has 0 saturated carbocycles. The molecule has 0 aliphatic rings. The van der Waals surface area contributed by atoms with Crippen LogP contribution in [0.2, 0.25) is 0 Å². The van der Waals surface area contributed by atoms with E-state index in [1.807, 2.05) is 0 Å². The van der Waals surface area contributed by atoms with Crippen LogP contribution in [0.3, 0.4) is 0 Å². The van der Waals surface area contributed by atoms with E-state index < -0.39 is 30.4 Å². The molecule has 5 N–H and O–H groups in total. The van der Waals surface area contributed by atoms with Crippen molar-refractivity contribution < 1.29 is 34.8 Å². The van der Waals surface area contributed by atoms with Gasteiger partial charge in [-0.15, -0.1) is 0 Å². The summed E-state index contributed by atoms with van der Waals surface area (Å²) >= 11 is 0. The van der Waals surface area contributed by atoms with Crippen LogP contribution in [-0.2, 0) is 9.59 Å². The van der Waals surface area contributed by atoms with E-state index in [1.165, 1.54) is 0 Å². The maximum Gasteiger partial charge on any atom is 0.335 e. The number of aromatic amines is 1. The second-order valence-corrected chi connectivity index (χ2v) is 4.70. The zero-order valence-electron chi connectivity index (χ0n) is 11.3. The van der Waals surface area contributed by atoms with Gasteiger partial charge in [-0.25, -0.2) is 4.79 Å². The summed E-state index contributed by atoms with van der Waals surface area (Å²) in [5, 5.41) is 37.9. The number of carbonyl (C=O) groups excluding carboxylic acids is 1. The molecule has 2 rings (SSSR count). The number of aldehydes is 1. The van der Waals surface area contributed by atoms with Crippen molar-refractivity contribution in [3.05, 3.63) is 30.3 Å². The lowest BCUT2D eigenvalue weighted by Crippen LogP contribution is -2.50. The topological polar surface area (TPSA) is 140 Å². The molecule has 4 atom stereocenters. The third-order valence-corrected chi connectivity index (χ3v) is 3.17. The first-order valence-corrected chi connectivity index (χ1v) is 6.40. The average molecular weight is 309 g/mol. The smallest absolute Gasteiger partial charge is 0.335 e. The van der Waals surface area contributed by atoms with E-state index in [0.29, 0.717) is 0 Å². The van der Waals surface area contributed by atoms with Crippen LogP contribution < -0.4 is 4.74 Å². The number of aliphatic carboxylic acids is 1. The number of benzene rings is 1. The minimum atomic E-state index is -2.23. The normalized spacial score (nSPS) is 16.7. The summed E-state index contributed by atoms with van der Waals surface area (Å²) in [5.74, 6) is -1.56. The third kappa shape index (κ3) is 3.25. The highest BCUT2D eigenvalue weighted by Gasteiger charge is 2.36. The number of hydrogen-bond donors (Lipinski definition) is 5. The number of para-hydroxylation sites is 1. The fourth-order valence-corrected chi connectivity index (χ4v) is 1.96. The first-order valence-electron chi connectivity index (χ1n) is 6.40. The van der Waals surface area contributed by atoms with Crippen molar-refractivity contribution in [2.45, 2.75) is 24.4 Å². The fraction of sp³-hybridized carbons (Fsp3) is 0.286. The molecule has 0 aliphatic carbocycles. The van der Waals surface area contributed by atoms with Crippen LogP contribution >= 0.6 is 0 Å². The maximum absolute atomic E-state index is 11.0. The van der Waals surface area contributed by atoms with Gasteiger partial charge in [-0.3, -0.25) is 4.79 Å². The molecule has 0 radical (unpaired) electrons. The molecule has 2 aromatic rings. The number of aliphatic hydroxyl groups excluding tert-OH is 3. The Hall–Kier alpha value is -2.42. The summed E-state index contributed by atoms with van der Waals surface area (Å²) in [7, 11) is 0. The Morgan fingerprint density at radius 2 is 1.86 bits per heavy atom. The van der Waals surface area contributed by atoms with E-state index in [1.54, 1.807) is 30.3 Å². The molecule has 8 heteroatoms. The van der Waals surface area contributed by atoms with Crippen molar-refractivity contribution in [1.82, 2.24) is 4.98 Å². The molecule has 1 heterocycles. The summed E-state index contributed by atoms with van der Waals surface area (Å²) in [5.41, 5.74) is 0.739. The number of aliphatic hydroxyl groups is 3. The van der Waals surface area contributed by atoms with E-state index in [0.717, 1.165) is 10.9 Å². The zero-order valence-corrected chi connectivity index (χ0v) is 11.3. The fourth-order valence-electron chi connectivity index (χ4n) is 1.96. The molecule has 8 nitrogen and oxygen atoms in total. The van der Waals surface area contributed by atoms with E-state index >= 15 is 0 Å². The predicted octanol–water partition coefficient (Wildman–Crippen LogP) is -0.719. The second kappa shape index (κ2) is 6.56. The lowest BCUT2D eigenvalue weighted by atomic mass is 10.0. The number of nitrogens with one attached hydrogen (secondary N) is 1. The Labute approximate surface area is 124 Å². The van der Waals surface area contributed by atoms with Crippen LogP contribution in [-0.4, -0.2) is 62.1 Å². The van der Waals surface area contributed by atoms with Crippen molar-refractivity contribution in [3.63, 3.8) is 0 Å². The van der Waals surface area contributed by atoms with Gasteiger partial charge in [0.1, 0.15) is 12.2 Å². The molecule has 1 aromatic carbocycles. The molecule has 22 heavy (non-hydrogen) atoms. The van der Waals surface area contributed by atoms with Gasteiger partial charge in [-0.1, -0.05) is 18.2 Å². The van der Waals surface area contributed by atoms with Crippen LogP contribution in [0.15, 0.2) is 30.3 Å². The molecule has 0 bridgehead atoms. The highest BCUT2D eigenvalue weighted by molar-refractivity contribution is 5.81. The number of hydrogen-bond acceptors (Lipinski definition) is 6. The lowest BCUT2D eigenvalue weighted by Gasteiger charge is -2.24. The Morgan fingerprint density at radius 3 is 2.45 bits per heavy atom. The van der Waals surface area contributed by atoms with E-state index in [9.17, 15) is 24.9 Å². The third-order valence-electron chi connectivity index (χ3n) is 3.17. The number of rotatable bonds is 7. The van der Waals surface area contributed by atoms with Crippen LogP contribution in [0.5, 0.6) is 5.88 Å². The highest BCUT2D eigenvalue weighted by atomic mass is 16.5. The van der Waals surface area contributed by atoms with Crippen molar-refractivity contribution in [2.75, 3.05) is 0 Å². The summed E-state index contributed by atoms with van der Waals surface area (Å²) in [6, 6.07) is 8.75. The molecule has 0 aliphatic heterocycles. The number of carboxylic acids is 1.